The molecule has 0 atom stereocenters. The minimum absolute atomic E-state index is 0.0776. The first-order chi connectivity index (χ1) is 17.1. The molecule has 1 aliphatic carbocycles. The van der Waals surface area contributed by atoms with Crippen LogP contribution in [0.3, 0.4) is 0 Å². The minimum atomic E-state index is -0.640. The van der Waals surface area contributed by atoms with Gasteiger partial charge in [0.1, 0.15) is 16.6 Å². The van der Waals surface area contributed by atoms with Crippen LogP contribution in [0.1, 0.15) is 49.8 Å². The SMILES string of the molecule is CC.N#Cc1c(N)sc2c(F)cnc(-c3c4c(c5cnc(OCC6CCC6)nc5c3F)COC4)c12. The van der Waals surface area contributed by atoms with E-state index in [0.29, 0.717) is 23.5 Å². The zero-order chi connectivity index (χ0) is 24.7. The Labute approximate surface area is 204 Å². The number of nitriles is 1. The monoisotopic (exact) mass is 495 g/mol. The Morgan fingerprint density at radius 2 is 1.97 bits per heavy atom. The summed E-state index contributed by atoms with van der Waals surface area (Å²) in [5, 5.41) is 10.5. The van der Waals surface area contributed by atoms with Crippen molar-refractivity contribution in [2.45, 2.75) is 46.3 Å². The van der Waals surface area contributed by atoms with Gasteiger partial charge in [0.25, 0.3) is 0 Å². The Kier molecular flexibility index (Phi) is 6.21. The van der Waals surface area contributed by atoms with E-state index in [9.17, 15) is 9.65 Å². The normalized spacial score (nSPS) is 14.8. The molecule has 3 aromatic heterocycles. The molecule has 0 unspecified atom stereocenters. The van der Waals surface area contributed by atoms with E-state index in [1.165, 1.54) is 6.42 Å². The third kappa shape index (κ3) is 3.75. The van der Waals surface area contributed by atoms with Crippen LogP contribution in [-0.4, -0.2) is 21.6 Å². The number of nitrogens with two attached hydrogens (primary N) is 1. The highest BCUT2D eigenvalue weighted by atomic mass is 32.1. The number of pyridine rings is 1. The van der Waals surface area contributed by atoms with Gasteiger partial charge in [0.15, 0.2) is 11.6 Å². The summed E-state index contributed by atoms with van der Waals surface area (Å²) in [5.74, 6) is -0.780. The second kappa shape index (κ2) is 9.32. The topological polar surface area (TPSA) is 107 Å². The van der Waals surface area contributed by atoms with Gasteiger partial charge in [-0.25, -0.2) is 13.8 Å². The van der Waals surface area contributed by atoms with Crippen molar-refractivity contribution in [2.75, 3.05) is 12.3 Å². The number of aromatic nitrogens is 3. The van der Waals surface area contributed by atoms with Gasteiger partial charge in [-0.15, -0.1) is 11.3 Å². The van der Waals surface area contributed by atoms with Crippen molar-refractivity contribution in [3.8, 4) is 23.3 Å². The van der Waals surface area contributed by atoms with Crippen LogP contribution in [0, 0.1) is 28.9 Å². The first-order valence-electron chi connectivity index (χ1n) is 11.5. The Morgan fingerprint density at radius 3 is 2.69 bits per heavy atom. The van der Waals surface area contributed by atoms with Crippen molar-refractivity contribution in [3.63, 3.8) is 0 Å². The Bertz CT molecular complexity index is 1490. The molecule has 0 radical (unpaired) electrons. The summed E-state index contributed by atoms with van der Waals surface area (Å²) in [6, 6.07) is 2.11. The molecule has 0 saturated heterocycles. The van der Waals surface area contributed by atoms with E-state index in [-0.39, 0.29) is 56.6 Å². The quantitative estimate of drug-likeness (QED) is 0.377. The van der Waals surface area contributed by atoms with Crippen LogP contribution < -0.4 is 10.5 Å². The van der Waals surface area contributed by atoms with Crippen LogP contribution >= 0.6 is 11.3 Å². The standard InChI is InChI=1S/C23H17F2N5O2S.C2H6/c24-15-6-28-20(17-11(4-26)22(27)33-21(15)17)16-14-9-31-8-13(14)12-5-29-23(30-19(12)18(16)25)32-7-10-2-1-3-10;1-2/h5-6,10H,1-3,7-9,27H2;1-2H3. The highest BCUT2D eigenvalue weighted by Crippen LogP contribution is 2.45. The Morgan fingerprint density at radius 1 is 1.20 bits per heavy atom. The van der Waals surface area contributed by atoms with E-state index >= 15 is 4.39 Å². The first kappa shape index (κ1) is 23.3. The number of hydrogen-bond donors (Lipinski definition) is 1. The minimum Gasteiger partial charge on any atom is -0.463 e. The lowest BCUT2D eigenvalue weighted by Crippen LogP contribution is -2.20. The summed E-state index contributed by atoms with van der Waals surface area (Å²) in [6.45, 7) is 4.90. The summed E-state index contributed by atoms with van der Waals surface area (Å²) < 4.78 is 42.1. The third-order valence-electron chi connectivity index (χ3n) is 6.40. The molecule has 4 aromatic rings. The second-order valence-corrected chi connectivity index (χ2v) is 9.33. The number of benzene rings is 1. The van der Waals surface area contributed by atoms with Crippen molar-refractivity contribution in [2.24, 2.45) is 5.92 Å². The van der Waals surface area contributed by atoms with Gasteiger partial charge < -0.3 is 15.2 Å². The van der Waals surface area contributed by atoms with Crippen molar-refractivity contribution < 1.29 is 18.3 Å². The molecule has 1 fully saturated rings. The van der Waals surface area contributed by atoms with Crippen LogP contribution in [0.5, 0.6) is 6.01 Å². The van der Waals surface area contributed by atoms with E-state index in [1.54, 1.807) is 6.20 Å². The molecule has 1 saturated carbocycles. The van der Waals surface area contributed by atoms with E-state index in [0.717, 1.165) is 35.9 Å². The van der Waals surface area contributed by atoms with Crippen molar-refractivity contribution in [1.29, 1.82) is 5.26 Å². The van der Waals surface area contributed by atoms with Crippen molar-refractivity contribution in [3.05, 3.63) is 40.7 Å². The fraction of sp³-hybridized carbons (Fsp3) is 0.360. The van der Waals surface area contributed by atoms with Gasteiger partial charge in [0.05, 0.1) is 42.0 Å². The largest absolute Gasteiger partial charge is 0.463 e. The van der Waals surface area contributed by atoms with Gasteiger partial charge in [-0.1, -0.05) is 20.3 Å². The fourth-order valence-electron chi connectivity index (χ4n) is 4.45. The second-order valence-electron chi connectivity index (χ2n) is 8.27. The van der Waals surface area contributed by atoms with Crippen molar-refractivity contribution >= 4 is 37.3 Å². The molecule has 2 N–H and O–H groups in total. The van der Waals surface area contributed by atoms with E-state index in [4.69, 9.17) is 15.2 Å². The predicted molar refractivity (Wildman–Crippen MR) is 130 cm³/mol. The molecule has 7 nitrogen and oxygen atoms in total. The smallest absolute Gasteiger partial charge is 0.317 e. The van der Waals surface area contributed by atoms with Gasteiger partial charge in [-0.05, 0) is 29.9 Å². The summed E-state index contributed by atoms with van der Waals surface area (Å²) in [7, 11) is 0. The highest BCUT2D eigenvalue weighted by Gasteiger charge is 2.30. The number of hydrogen-bond acceptors (Lipinski definition) is 8. The summed E-state index contributed by atoms with van der Waals surface area (Å²) >= 11 is 0.942. The maximum atomic E-state index is 16.1. The lowest BCUT2D eigenvalue weighted by atomic mass is 9.86. The molecule has 10 heteroatoms. The number of thiophene rings is 1. The summed E-state index contributed by atoms with van der Waals surface area (Å²) in [4.78, 5) is 12.8. The number of nitrogen functional groups attached to an aromatic ring is 1. The number of nitrogens with zero attached hydrogens (tertiary/aromatic N) is 4. The van der Waals surface area contributed by atoms with Crippen LogP contribution in [0.2, 0.25) is 0 Å². The van der Waals surface area contributed by atoms with Gasteiger partial charge in [0, 0.05) is 22.5 Å². The molecule has 6 rings (SSSR count). The zero-order valence-electron chi connectivity index (χ0n) is 19.3. The maximum absolute atomic E-state index is 16.1. The molecule has 0 bridgehead atoms. The van der Waals surface area contributed by atoms with Gasteiger partial charge in [-0.3, -0.25) is 4.98 Å². The molecule has 1 aromatic carbocycles. The predicted octanol–water partition coefficient (Wildman–Crippen LogP) is 5.87. The number of halogens is 2. The zero-order valence-corrected chi connectivity index (χ0v) is 20.1. The average molecular weight is 496 g/mol. The molecule has 35 heavy (non-hydrogen) atoms. The van der Waals surface area contributed by atoms with E-state index in [1.807, 2.05) is 19.9 Å². The number of anilines is 1. The molecule has 4 heterocycles. The first-order valence-corrected chi connectivity index (χ1v) is 12.4. The summed E-state index contributed by atoms with van der Waals surface area (Å²) in [6.07, 6.45) is 5.97. The lowest BCUT2D eigenvalue weighted by Gasteiger charge is -2.24. The Balaban J connectivity index is 0.00000124. The molecule has 1 aliphatic heterocycles. The molecule has 2 aliphatic rings. The van der Waals surface area contributed by atoms with E-state index in [2.05, 4.69) is 15.0 Å². The molecule has 0 amide bonds. The van der Waals surface area contributed by atoms with Crippen LogP contribution in [-0.2, 0) is 18.0 Å². The third-order valence-corrected chi connectivity index (χ3v) is 7.42. The summed E-state index contributed by atoms with van der Waals surface area (Å²) in [5.41, 5.74) is 7.73. The lowest BCUT2D eigenvalue weighted by molar-refractivity contribution is 0.135. The molecular formula is C25H23F2N5O2S. The fourth-order valence-corrected chi connectivity index (χ4v) is 5.37. The Hall–Kier alpha value is -3.42. The van der Waals surface area contributed by atoms with E-state index < -0.39 is 11.6 Å². The number of rotatable bonds is 4. The maximum Gasteiger partial charge on any atom is 0.317 e. The highest BCUT2D eigenvalue weighted by molar-refractivity contribution is 7.23. The number of ether oxygens (including phenoxy) is 2. The van der Waals surface area contributed by atoms with Crippen LogP contribution in [0.25, 0.3) is 32.2 Å². The van der Waals surface area contributed by atoms with Crippen LogP contribution in [0.15, 0.2) is 12.4 Å². The van der Waals surface area contributed by atoms with Gasteiger partial charge in [-0.2, -0.15) is 10.2 Å². The number of fused-ring (bicyclic) bond motifs is 4. The average Bonchev–Trinajstić information content (AvgIpc) is 3.45. The van der Waals surface area contributed by atoms with Gasteiger partial charge >= 0.3 is 6.01 Å². The molecular weight excluding hydrogens is 472 g/mol. The molecule has 180 valence electrons. The molecule has 0 spiro atoms. The van der Waals surface area contributed by atoms with Crippen molar-refractivity contribution in [1.82, 2.24) is 15.0 Å². The van der Waals surface area contributed by atoms with Gasteiger partial charge in [0.2, 0.25) is 0 Å². The van der Waals surface area contributed by atoms with Crippen LogP contribution in [0.4, 0.5) is 13.8 Å².